The van der Waals surface area contributed by atoms with Crippen LogP contribution in [0.15, 0.2) is 24.5 Å². The van der Waals surface area contributed by atoms with Gasteiger partial charge in [-0.15, -0.1) is 0 Å². The molecule has 1 aromatic heterocycles. The van der Waals surface area contributed by atoms with Crippen LogP contribution >= 0.6 is 0 Å². The zero-order chi connectivity index (χ0) is 8.81. The first kappa shape index (κ1) is 9.35. The van der Waals surface area contributed by atoms with Crippen LogP contribution in [0.25, 0.3) is 0 Å². The maximum atomic E-state index is 10.2. The lowest BCUT2D eigenvalue weighted by molar-refractivity contribution is 0.535. The Balaban J connectivity index is 2.29. The normalized spacial score (nSPS) is 12.8. The summed E-state index contributed by atoms with van der Waals surface area (Å²) in [5, 5.41) is 0. The Kier molecular flexibility index (Phi) is 3.90. The lowest BCUT2D eigenvalue weighted by Crippen LogP contribution is -1.97. The molecule has 1 atom stereocenters. The molecule has 0 radical (unpaired) electrons. The molecule has 1 aromatic rings. The van der Waals surface area contributed by atoms with E-state index < -0.39 is 11.1 Å². The number of rotatable bonds is 4. The van der Waals surface area contributed by atoms with Crippen molar-refractivity contribution < 1.29 is 8.76 Å². The first-order chi connectivity index (χ1) is 5.79. The van der Waals surface area contributed by atoms with Crippen LogP contribution in [0.2, 0.25) is 0 Å². The number of aryl methyl sites for hydroxylation is 1. The van der Waals surface area contributed by atoms with Gasteiger partial charge < -0.3 is 4.55 Å². The number of pyridine rings is 1. The Bertz CT molecular complexity index is 250. The minimum atomic E-state index is -1.90. The van der Waals surface area contributed by atoms with E-state index in [4.69, 9.17) is 0 Å². The molecular formula is C8H10NO2S-. The minimum absolute atomic E-state index is 0.238. The molecular weight excluding hydrogens is 174 g/mol. The quantitative estimate of drug-likeness (QED) is 0.653. The zero-order valence-corrected chi connectivity index (χ0v) is 7.42. The molecule has 0 saturated carbocycles. The maximum absolute atomic E-state index is 10.2. The smallest absolute Gasteiger partial charge is 0.0270 e. The second kappa shape index (κ2) is 5.00. The van der Waals surface area contributed by atoms with Crippen molar-refractivity contribution in [3.63, 3.8) is 0 Å². The van der Waals surface area contributed by atoms with Crippen molar-refractivity contribution in [3.8, 4) is 0 Å². The molecule has 0 aliphatic rings. The fourth-order valence-electron chi connectivity index (χ4n) is 0.944. The van der Waals surface area contributed by atoms with E-state index in [0.29, 0.717) is 6.42 Å². The Labute approximate surface area is 74.1 Å². The van der Waals surface area contributed by atoms with Crippen molar-refractivity contribution in [2.75, 3.05) is 5.75 Å². The summed E-state index contributed by atoms with van der Waals surface area (Å²) < 4.78 is 20.4. The molecule has 0 spiro atoms. The molecule has 1 unspecified atom stereocenters. The van der Waals surface area contributed by atoms with E-state index in [2.05, 4.69) is 4.98 Å². The summed E-state index contributed by atoms with van der Waals surface area (Å²) in [6, 6.07) is 3.79. The molecule has 0 N–H and O–H groups in total. The number of hydrogen-bond acceptors (Lipinski definition) is 3. The van der Waals surface area contributed by atoms with E-state index in [1.165, 1.54) is 0 Å². The average molecular weight is 184 g/mol. The highest BCUT2D eigenvalue weighted by molar-refractivity contribution is 7.79. The topological polar surface area (TPSA) is 53.0 Å². The van der Waals surface area contributed by atoms with E-state index in [1.807, 2.05) is 12.1 Å². The minimum Gasteiger partial charge on any atom is -0.772 e. The third-order valence-corrected chi connectivity index (χ3v) is 2.15. The molecule has 1 heterocycles. The van der Waals surface area contributed by atoms with Crippen LogP contribution in [0.3, 0.4) is 0 Å². The Hall–Kier alpha value is -0.740. The predicted molar refractivity (Wildman–Crippen MR) is 46.3 cm³/mol. The van der Waals surface area contributed by atoms with Crippen LogP contribution in [0.1, 0.15) is 12.0 Å². The van der Waals surface area contributed by atoms with E-state index in [0.717, 1.165) is 12.0 Å². The second-order valence-corrected chi connectivity index (χ2v) is 3.48. The van der Waals surface area contributed by atoms with Crippen LogP contribution in [0.5, 0.6) is 0 Å². The van der Waals surface area contributed by atoms with Crippen LogP contribution in [0, 0.1) is 0 Å². The molecule has 0 saturated heterocycles. The van der Waals surface area contributed by atoms with E-state index >= 15 is 0 Å². The molecule has 0 aliphatic heterocycles. The molecule has 0 aliphatic carbocycles. The lowest BCUT2D eigenvalue weighted by Gasteiger charge is -2.03. The van der Waals surface area contributed by atoms with E-state index in [1.54, 1.807) is 12.4 Å². The summed E-state index contributed by atoms with van der Waals surface area (Å²) in [6.07, 6.45) is 4.91. The van der Waals surface area contributed by atoms with Crippen LogP contribution < -0.4 is 0 Å². The molecule has 0 bridgehead atoms. The molecule has 12 heavy (non-hydrogen) atoms. The SMILES string of the molecule is O=S([O-])CCCc1ccncc1. The molecule has 3 nitrogen and oxygen atoms in total. The van der Waals surface area contributed by atoms with Gasteiger partial charge in [-0.1, -0.05) is 11.1 Å². The van der Waals surface area contributed by atoms with Crippen LogP contribution in [-0.4, -0.2) is 19.5 Å². The van der Waals surface area contributed by atoms with Gasteiger partial charge in [-0.2, -0.15) is 0 Å². The van der Waals surface area contributed by atoms with Crippen molar-refractivity contribution in [1.82, 2.24) is 4.98 Å². The van der Waals surface area contributed by atoms with Gasteiger partial charge in [0, 0.05) is 18.1 Å². The van der Waals surface area contributed by atoms with Crippen LogP contribution in [0.4, 0.5) is 0 Å². The zero-order valence-electron chi connectivity index (χ0n) is 6.60. The highest BCUT2D eigenvalue weighted by Crippen LogP contribution is 2.00. The van der Waals surface area contributed by atoms with Gasteiger partial charge in [-0.3, -0.25) is 9.19 Å². The summed E-state index contributed by atoms with van der Waals surface area (Å²) in [7, 11) is 0. The number of nitrogens with zero attached hydrogens (tertiary/aromatic N) is 1. The molecule has 4 heteroatoms. The summed E-state index contributed by atoms with van der Waals surface area (Å²) in [4.78, 5) is 3.87. The number of hydrogen-bond donors (Lipinski definition) is 0. The molecule has 0 fully saturated rings. The first-order valence-corrected chi connectivity index (χ1v) is 4.98. The summed E-state index contributed by atoms with van der Waals surface area (Å²) >= 11 is -1.90. The van der Waals surface area contributed by atoms with E-state index in [9.17, 15) is 8.76 Å². The lowest BCUT2D eigenvalue weighted by atomic mass is 10.2. The Morgan fingerprint density at radius 3 is 2.67 bits per heavy atom. The van der Waals surface area contributed by atoms with Crippen molar-refractivity contribution in [2.45, 2.75) is 12.8 Å². The predicted octanol–water partition coefficient (Wildman–Crippen LogP) is 0.893. The summed E-state index contributed by atoms with van der Waals surface area (Å²) in [5.74, 6) is 0.238. The first-order valence-electron chi connectivity index (χ1n) is 3.74. The highest BCUT2D eigenvalue weighted by atomic mass is 32.2. The molecule has 1 rings (SSSR count). The fourth-order valence-corrected chi connectivity index (χ4v) is 1.32. The molecule has 0 amide bonds. The van der Waals surface area contributed by atoms with Gasteiger partial charge in [-0.05, 0) is 30.5 Å². The van der Waals surface area contributed by atoms with Crippen molar-refractivity contribution in [3.05, 3.63) is 30.1 Å². The molecule has 66 valence electrons. The largest absolute Gasteiger partial charge is 0.772 e. The van der Waals surface area contributed by atoms with Gasteiger partial charge in [0.05, 0.1) is 0 Å². The van der Waals surface area contributed by atoms with Crippen molar-refractivity contribution in [2.24, 2.45) is 0 Å². The maximum Gasteiger partial charge on any atom is 0.0270 e. The van der Waals surface area contributed by atoms with Gasteiger partial charge in [0.1, 0.15) is 0 Å². The monoisotopic (exact) mass is 184 g/mol. The second-order valence-electron chi connectivity index (χ2n) is 2.47. The average Bonchev–Trinajstić information content (AvgIpc) is 2.05. The van der Waals surface area contributed by atoms with Gasteiger partial charge >= 0.3 is 0 Å². The highest BCUT2D eigenvalue weighted by Gasteiger charge is 1.91. The van der Waals surface area contributed by atoms with E-state index in [-0.39, 0.29) is 5.75 Å². The summed E-state index contributed by atoms with van der Waals surface area (Å²) in [6.45, 7) is 0. The Morgan fingerprint density at radius 2 is 2.08 bits per heavy atom. The van der Waals surface area contributed by atoms with Gasteiger partial charge in [0.15, 0.2) is 0 Å². The molecule has 0 aromatic carbocycles. The van der Waals surface area contributed by atoms with Gasteiger partial charge in [-0.25, -0.2) is 0 Å². The van der Waals surface area contributed by atoms with Crippen LogP contribution in [-0.2, 0) is 17.5 Å². The standard InChI is InChI=1S/C8H11NO2S/c10-12(11)7-1-2-8-3-5-9-6-4-8/h3-6H,1-2,7H2,(H,10,11)/p-1. The summed E-state index contributed by atoms with van der Waals surface area (Å²) in [5.41, 5.74) is 1.13. The third-order valence-electron chi connectivity index (χ3n) is 1.53. The number of aromatic nitrogens is 1. The third kappa shape index (κ3) is 3.59. The fraction of sp³-hybridized carbons (Fsp3) is 0.375. The van der Waals surface area contributed by atoms with Crippen molar-refractivity contribution >= 4 is 11.1 Å². The van der Waals surface area contributed by atoms with Gasteiger partial charge in [0.25, 0.3) is 0 Å². The van der Waals surface area contributed by atoms with Crippen molar-refractivity contribution in [1.29, 1.82) is 0 Å². The van der Waals surface area contributed by atoms with Gasteiger partial charge in [0.2, 0.25) is 0 Å². The Morgan fingerprint density at radius 1 is 1.42 bits per heavy atom.